The van der Waals surface area contributed by atoms with E-state index in [9.17, 15) is 18.0 Å². The highest BCUT2D eigenvalue weighted by Gasteiger charge is 2.38. The number of nitrogens with two attached hydrogens (primary N) is 1. The lowest BCUT2D eigenvalue weighted by molar-refractivity contribution is -0.137. The van der Waals surface area contributed by atoms with Crippen molar-refractivity contribution in [2.75, 3.05) is 0 Å². The van der Waals surface area contributed by atoms with Crippen LogP contribution in [0.4, 0.5) is 13.2 Å². The van der Waals surface area contributed by atoms with Gasteiger partial charge in [0.15, 0.2) is 0 Å². The monoisotopic (exact) mass is 243 g/mol. The number of Topliss-reactive ketones (excluding diaryl/α,β-unsaturated/α-hetero) is 1. The quantitative estimate of drug-likeness (QED) is 0.823. The SMILES string of the molecule is NC1(c2cccc(C(F)(F)F)c2)CCC(=O)C1. The topological polar surface area (TPSA) is 43.1 Å². The molecule has 0 amide bonds. The first-order valence-corrected chi connectivity index (χ1v) is 5.30. The summed E-state index contributed by atoms with van der Waals surface area (Å²) in [5, 5.41) is 0. The van der Waals surface area contributed by atoms with E-state index in [1.165, 1.54) is 6.07 Å². The summed E-state index contributed by atoms with van der Waals surface area (Å²) in [4.78, 5) is 11.2. The van der Waals surface area contributed by atoms with Crippen LogP contribution in [-0.4, -0.2) is 5.78 Å². The van der Waals surface area contributed by atoms with Crippen molar-refractivity contribution in [1.82, 2.24) is 0 Å². The van der Waals surface area contributed by atoms with Gasteiger partial charge in [0.2, 0.25) is 0 Å². The van der Waals surface area contributed by atoms with Crippen LogP contribution in [0.5, 0.6) is 0 Å². The predicted octanol–water partition coefficient (Wildman–Crippen LogP) is 2.61. The van der Waals surface area contributed by atoms with Crippen LogP contribution in [0.1, 0.15) is 30.4 Å². The average Bonchev–Trinajstić information content (AvgIpc) is 2.59. The van der Waals surface area contributed by atoms with E-state index in [0.717, 1.165) is 12.1 Å². The number of carbonyl (C=O) groups excluding carboxylic acids is 1. The molecule has 17 heavy (non-hydrogen) atoms. The number of ketones is 1. The summed E-state index contributed by atoms with van der Waals surface area (Å²) < 4.78 is 37.6. The van der Waals surface area contributed by atoms with Crippen molar-refractivity contribution in [2.45, 2.75) is 31.0 Å². The number of carbonyl (C=O) groups is 1. The Balaban J connectivity index is 2.37. The zero-order valence-electron chi connectivity index (χ0n) is 9.05. The van der Waals surface area contributed by atoms with Crippen molar-refractivity contribution in [2.24, 2.45) is 5.73 Å². The molecule has 0 aromatic heterocycles. The molecule has 2 nitrogen and oxygen atoms in total. The Labute approximate surface area is 96.6 Å². The smallest absolute Gasteiger partial charge is 0.321 e. The van der Waals surface area contributed by atoms with Gasteiger partial charge in [0.05, 0.1) is 5.56 Å². The Bertz CT molecular complexity index is 455. The molecular weight excluding hydrogens is 231 g/mol. The van der Waals surface area contributed by atoms with E-state index in [1.54, 1.807) is 6.07 Å². The first-order chi connectivity index (χ1) is 7.81. The maximum Gasteiger partial charge on any atom is 0.416 e. The minimum Gasteiger partial charge on any atom is -0.321 e. The van der Waals surface area contributed by atoms with Gasteiger partial charge in [0.1, 0.15) is 5.78 Å². The molecule has 2 rings (SSSR count). The molecule has 1 aromatic rings. The molecule has 0 spiro atoms. The molecule has 1 unspecified atom stereocenters. The Morgan fingerprint density at radius 1 is 1.29 bits per heavy atom. The van der Waals surface area contributed by atoms with Crippen LogP contribution in [-0.2, 0) is 16.5 Å². The summed E-state index contributed by atoms with van der Waals surface area (Å²) in [5.74, 6) is 0.00455. The van der Waals surface area contributed by atoms with E-state index >= 15 is 0 Å². The third-order valence-corrected chi connectivity index (χ3v) is 3.13. The van der Waals surface area contributed by atoms with E-state index in [4.69, 9.17) is 5.73 Å². The fraction of sp³-hybridized carbons (Fsp3) is 0.417. The first kappa shape index (κ1) is 12.1. The number of rotatable bonds is 1. The third kappa shape index (κ3) is 2.34. The minimum atomic E-state index is -4.38. The van der Waals surface area contributed by atoms with Gasteiger partial charge >= 0.3 is 6.18 Å². The summed E-state index contributed by atoms with van der Waals surface area (Å²) >= 11 is 0. The van der Waals surface area contributed by atoms with Gasteiger partial charge in [-0.25, -0.2) is 0 Å². The Hall–Kier alpha value is -1.36. The van der Waals surface area contributed by atoms with E-state index < -0.39 is 17.3 Å². The normalized spacial score (nSPS) is 25.3. The van der Waals surface area contributed by atoms with E-state index in [1.807, 2.05) is 0 Å². The van der Waals surface area contributed by atoms with Crippen LogP contribution in [0.2, 0.25) is 0 Å². The van der Waals surface area contributed by atoms with Gasteiger partial charge in [-0.2, -0.15) is 13.2 Å². The summed E-state index contributed by atoms with van der Waals surface area (Å²) in [7, 11) is 0. The highest BCUT2D eigenvalue weighted by Crippen LogP contribution is 2.37. The van der Waals surface area contributed by atoms with Crippen molar-refractivity contribution in [3.05, 3.63) is 35.4 Å². The Morgan fingerprint density at radius 3 is 2.53 bits per heavy atom. The fourth-order valence-electron chi connectivity index (χ4n) is 2.14. The summed E-state index contributed by atoms with van der Waals surface area (Å²) in [6, 6.07) is 4.92. The Kier molecular flexibility index (Phi) is 2.73. The maximum absolute atomic E-state index is 12.5. The second-order valence-electron chi connectivity index (χ2n) is 4.45. The molecule has 92 valence electrons. The van der Waals surface area contributed by atoms with Crippen molar-refractivity contribution in [1.29, 1.82) is 0 Å². The van der Waals surface area contributed by atoms with Crippen LogP contribution in [0.25, 0.3) is 0 Å². The van der Waals surface area contributed by atoms with Gasteiger partial charge in [-0.3, -0.25) is 4.79 Å². The van der Waals surface area contributed by atoms with E-state index in [-0.39, 0.29) is 12.2 Å². The lowest BCUT2D eigenvalue weighted by Gasteiger charge is -2.24. The van der Waals surface area contributed by atoms with E-state index in [0.29, 0.717) is 18.4 Å². The molecule has 0 aliphatic heterocycles. The van der Waals surface area contributed by atoms with Crippen LogP contribution in [0, 0.1) is 0 Å². The van der Waals surface area contributed by atoms with Crippen molar-refractivity contribution in [3.8, 4) is 0 Å². The summed E-state index contributed by atoms with van der Waals surface area (Å²) in [6.07, 6.45) is -3.51. The van der Waals surface area contributed by atoms with E-state index in [2.05, 4.69) is 0 Å². The molecule has 1 aliphatic carbocycles. The standard InChI is InChI=1S/C12H12F3NO/c13-12(14,15)9-3-1-2-8(6-9)11(16)5-4-10(17)7-11/h1-3,6H,4-5,7,16H2. The zero-order chi connectivity index (χ0) is 12.7. The number of hydrogen-bond donors (Lipinski definition) is 1. The van der Waals surface area contributed by atoms with Gasteiger partial charge < -0.3 is 5.73 Å². The number of benzene rings is 1. The molecule has 1 saturated carbocycles. The zero-order valence-corrected chi connectivity index (χ0v) is 9.05. The number of hydrogen-bond acceptors (Lipinski definition) is 2. The lowest BCUT2D eigenvalue weighted by Crippen LogP contribution is -2.34. The summed E-state index contributed by atoms with van der Waals surface area (Å²) in [6.45, 7) is 0. The lowest BCUT2D eigenvalue weighted by atomic mass is 9.88. The molecule has 5 heteroatoms. The van der Waals surface area contributed by atoms with Gasteiger partial charge in [-0.15, -0.1) is 0 Å². The van der Waals surface area contributed by atoms with Crippen LogP contribution < -0.4 is 5.73 Å². The van der Waals surface area contributed by atoms with Crippen LogP contribution >= 0.6 is 0 Å². The highest BCUT2D eigenvalue weighted by atomic mass is 19.4. The first-order valence-electron chi connectivity index (χ1n) is 5.30. The molecule has 1 aromatic carbocycles. The van der Waals surface area contributed by atoms with Crippen molar-refractivity contribution < 1.29 is 18.0 Å². The molecule has 0 heterocycles. The molecule has 0 saturated heterocycles. The van der Waals surface area contributed by atoms with Gasteiger partial charge in [0, 0.05) is 18.4 Å². The van der Waals surface area contributed by atoms with Gasteiger partial charge in [-0.05, 0) is 24.1 Å². The number of alkyl halides is 3. The minimum absolute atomic E-state index is 0.00455. The fourth-order valence-corrected chi connectivity index (χ4v) is 2.14. The molecule has 0 radical (unpaired) electrons. The molecular formula is C12H12F3NO. The third-order valence-electron chi connectivity index (χ3n) is 3.13. The van der Waals surface area contributed by atoms with Gasteiger partial charge in [0.25, 0.3) is 0 Å². The largest absolute Gasteiger partial charge is 0.416 e. The maximum atomic E-state index is 12.5. The van der Waals surface area contributed by atoms with Crippen molar-refractivity contribution in [3.63, 3.8) is 0 Å². The molecule has 0 bridgehead atoms. The second-order valence-corrected chi connectivity index (χ2v) is 4.45. The molecule has 1 aliphatic rings. The molecule has 1 atom stereocenters. The summed E-state index contributed by atoms with van der Waals surface area (Å²) in [5.41, 5.74) is 4.73. The van der Waals surface area contributed by atoms with Crippen LogP contribution in [0.3, 0.4) is 0 Å². The Morgan fingerprint density at radius 2 is 2.00 bits per heavy atom. The highest BCUT2D eigenvalue weighted by molar-refractivity contribution is 5.82. The van der Waals surface area contributed by atoms with Gasteiger partial charge in [-0.1, -0.05) is 12.1 Å². The molecule has 1 fully saturated rings. The average molecular weight is 243 g/mol. The number of halogens is 3. The van der Waals surface area contributed by atoms with Crippen molar-refractivity contribution >= 4 is 5.78 Å². The second kappa shape index (κ2) is 3.84. The predicted molar refractivity (Wildman–Crippen MR) is 56.2 cm³/mol. The molecule has 2 N–H and O–H groups in total. The van der Waals surface area contributed by atoms with Crippen LogP contribution in [0.15, 0.2) is 24.3 Å².